The number of ether oxygens (including phenoxy) is 1. The molecule has 0 rings (SSSR count). The van der Waals surface area contributed by atoms with Crippen LogP contribution in [-0.2, 0) is 14.3 Å². The molecule has 0 spiro atoms. The molecule has 6 heteroatoms. The highest BCUT2D eigenvalue weighted by atomic mass is 16.5. The van der Waals surface area contributed by atoms with Gasteiger partial charge in [0.15, 0.2) is 0 Å². The number of allylic oxidation sites excluding steroid dienone is 6. The van der Waals surface area contributed by atoms with Gasteiger partial charge in [-0.25, -0.2) is 0 Å². The van der Waals surface area contributed by atoms with Gasteiger partial charge >= 0.3 is 5.97 Å². The second-order valence-corrected chi connectivity index (χ2v) is 26.3. The summed E-state index contributed by atoms with van der Waals surface area (Å²) in [6, 6.07) is -0.543. The van der Waals surface area contributed by atoms with Gasteiger partial charge in [-0.15, -0.1) is 0 Å². The molecule has 0 fully saturated rings. The maximum absolute atomic E-state index is 12.6. The lowest BCUT2D eigenvalue weighted by atomic mass is 10.0. The third-order valence-corrected chi connectivity index (χ3v) is 17.9. The molecule has 2 unspecified atom stereocenters. The molecule has 0 saturated carbocycles. The first kappa shape index (κ1) is 82.1. The highest BCUT2D eigenvalue weighted by Gasteiger charge is 2.20. The molecular formula is C78H149NO5. The second kappa shape index (κ2) is 73.5. The number of unbranched alkanes of at least 4 members (excludes halogenated alkanes) is 55. The molecule has 0 aromatic carbocycles. The molecule has 3 N–H and O–H groups in total. The highest BCUT2D eigenvalue weighted by Crippen LogP contribution is 2.19. The van der Waals surface area contributed by atoms with E-state index in [0.29, 0.717) is 25.9 Å². The molecule has 0 aliphatic rings. The van der Waals surface area contributed by atoms with Crippen LogP contribution in [0.1, 0.15) is 425 Å². The van der Waals surface area contributed by atoms with Gasteiger partial charge in [-0.05, 0) is 83.5 Å². The fourth-order valence-electron chi connectivity index (χ4n) is 12.1. The molecule has 84 heavy (non-hydrogen) atoms. The van der Waals surface area contributed by atoms with E-state index in [-0.39, 0.29) is 18.5 Å². The van der Waals surface area contributed by atoms with Gasteiger partial charge in [0.2, 0.25) is 5.91 Å². The van der Waals surface area contributed by atoms with E-state index in [1.54, 1.807) is 0 Å². The number of aliphatic hydroxyl groups excluding tert-OH is 2. The number of esters is 1. The summed E-state index contributed by atoms with van der Waals surface area (Å²) in [5, 5.41) is 23.5. The Morgan fingerprint density at radius 1 is 0.333 bits per heavy atom. The number of hydrogen-bond acceptors (Lipinski definition) is 5. The van der Waals surface area contributed by atoms with Crippen molar-refractivity contribution in [3.8, 4) is 0 Å². The average molecular weight is 1180 g/mol. The van der Waals surface area contributed by atoms with Crippen LogP contribution in [0.2, 0.25) is 0 Å². The minimum Gasteiger partial charge on any atom is -0.466 e. The van der Waals surface area contributed by atoms with Gasteiger partial charge in [-0.2, -0.15) is 0 Å². The fourth-order valence-corrected chi connectivity index (χ4v) is 12.1. The number of rotatable bonds is 72. The Balaban J connectivity index is 3.38. The average Bonchev–Trinajstić information content (AvgIpc) is 3.51. The molecule has 0 aliphatic carbocycles. The lowest BCUT2D eigenvalue weighted by molar-refractivity contribution is -0.143. The number of carbonyl (C=O) groups excluding carboxylic acids is 2. The van der Waals surface area contributed by atoms with Crippen molar-refractivity contribution in [2.24, 2.45) is 0 Å². The fraction of sp³-hybridized carbons (Fsp3) is 0.897. The molecule has 0 aliphatic heterocycles. The smallest absolute Gasteiger partial charge is 0.305 e. The van der Waals surface area contributed by atoms with Gasteiger partial charge in [0.1, 0.15) is 0 Å². The molecule has 0 aromatic heterocycles. The van der Waals surface area contributed by atoms with Crippen LogP contribution in [0, 0.1) is 0 Å². The third-order valence-electron chi connectivity index (χ3n) is 17.9. The van der Waals surface area contributed by atoms with Gasteiger partial charge in [-0.1, -0.05) is 365 Å². The summed E-state index contributed by atoms with van der Waals surface area (Å²) in [5.74, 6) is -0.0262. The van der Waals surface area contributed by atoms with E-state index in [2.05, 4.69) is 55.6 Å². The first-order chi connectivity index (χ1) is 41.5. The van der Waals surface area contributed by atoms with E-state index < -0.39 is 12.1 Å². The van der Waals surface area contributed by atoms with Gasteiger partial charge in [0.25, 0.3) is 0 Å². The Hall–Kier alpha value is -1.92. The topological polar surface area (TPSA) is 95.9 Å². The van der Waals surface area contributed by atoms with E-state index in [1.807, 2.05) is 0 Å². The molecule has 6 nitrogen and oxygen atoms in total. The summed E-state index contributed by atoms with van der Waals surface area (Å²) in [5.41, 5.74) is 0. The Morgan fingerprint density at radius 3 is 0.940 bits per heavy atom. The highest BCUT2D eigenvalue weighted by molar-refractivity contribution is 5.76. The minimum absolute atomic E-state index is 0.00314. The predicted molar refractivity (Wildman–Crippen MR) is 370 cm³/mol. The van der Waals surface area contributed by atoms with Crippen molar-refractivity contribution < 1.29 is 24.5 Å². The zero-order chi connectivity index (χ0) is 60.6. The Bertz CT molecular complexity index is 1360. The maximum Gasteiger partial charge on any atom is 0.305 e. The van der Waals surface area contributed by atoms with Crippen LogP contribution in [-0.4, -0.2) is 47.4 Å². The largest absolute Gasteiger partial charge is 0.466 e. The number of aliphatic hydroxyl groups is 2. The van der Waals surface area contributed by atoms with E-state index in [1.165, 1.54) is 340 Å². The zero-order valence-electron chi connectivity index (χ0n) is 56.9. The van der Waals surface area contributed by atoms with E-state index in [0.717, 1.165) is 51.4 Å². The summed E-state index contributed by atoms with van der Waals surface area (Å²) in [6.45, 7) is 4.96. The lowest BCUT2D eigenvalue weighted by Crippen LogP contribution is -2.45. The van der Waals surface area contributed by atoms with Crippen molar-refractivity contribution in [1.82, 2.24) is 5.32 Å². The van der Waals surface area contributed by atoms with Gasteiger partial charge in [-0.3, -0.25) is 9.59 Å². The van der Waals surface area contributed by atoms with Crippen molar-refractivity contribution in [1.29, 1.82) is 0 Å². The number of hydrogen-bond donors (Lipinski definition) is 3. The van der Waals surface area contributed by atoms with Gasteiger partial charge in [0.05, 0.1) is 25.4 Å². The lowest BCUT2D eigenvalue weighted by Gasteiger charge is -2.22. The SMILES string of the molecule is CCCCC/C=C\C/C=C\CCCCCCCC(=O)OCCCCCCCCCCCCCC/C=C\CCCCCCCCCCCCCCCC(=O)NC(CO)C(O)CCCCCCCCCCCCCCCCCCCCCCCCC. The zero-order valence-corrected chi connectivity index (χ0v) is 56.9. The van der Waals surface area contributed by atoms with Crippen LogP contribution >= 0.6 is 0 Å². The standard InChI is InChI=1S/C78H149NO5/c1-3-5-7-9-11-13-15-17-19-20-21-22-30-33-36-39-43-46-50-54-58-62-66-70-76(81)75(74-80)79-77(82)71-67-63-59-55-51-47-44-40-37-34-31-28-26-24-23-25-27-29-32-35-38-41-45-49-53-57-61-65-69-73-84-78(83)72-68-64-60-56-52-48-42-18-16-14-12-10-8-6-4-2/h12,14,18,23,25,42,75-76,80-81H,3-11,13,15-17,19-22,24,26-41,43-74H2,1-2H3,(H,79,82)/b14-12-,25-23-,42-18-. The molecule has 0 radical (unpaired) electrons. The molecule has 0 aromatic rings. The van der Waals surface area contributed by atoms with Crippen molar-refractivity contribution in [2.45, 2.75) is 437 Å². The summed E-state index contributed by atoms with van der Waals surface area (Å²) in [7, 11) is 0. The molecular weight excluding hydrogens is 1030 g/mol. The van der Waals surface area contributed by atoms with Crippen molar-refractivity contribution in [3.05, 3.63) is 36.5 Å². The van der Waals surface area contributed by atoms with E-state index >= 15 is 0 Å². The Morgan fingerprint density at radius 2 is 0.595 bits per heavy atom. The first-order valence-corrected chi connectivity index (χ1v) is 38.2. The van der Waals surface area contributed by atoms with Crippen LogP contribution in [0.15, 0.2) is 36.5 Å². The van der Waals surface area contributed by atoms with Crippen molar-refractivity contribution >= 4 is 11.9 Å². The van der Waals surface area contributed by atoms with E-state index in [9.17, 15) is 19.8 Å². The summed E-state index contributed by atoms with van der Waals surface area (Å²) in [4.78, 5) is 24.6. The number of amides is 1. The Labute approximate surface area is 525 Å². The van der Waals surface area contributed by atoms with Crippen molar-refractivity contribution in [2.75, 3.05) is 13.2 Å². The Kier molecular flexibility index (Phi) is 71.9. The first-order valence-electron chi connectivity index (χ1n) is 38.2. The summed E-state index contributed by atoms with van der Waals surface area (Å²) < 4.78 is 5.49. The molecule has 496 valence electrons. The van der Waals surface area contributed by atoms with Crippen LogP contribution in [0.4, 0.5) is 0 Å². The quantitative estimate of drug-likeness (QED) is 0.0320. The van der Waals surface area contributed by atoms with Crippen LogP contribution in [0.25, 0.3) is 0 Å². The van der Waals surface area contributed by atoms with Gasteiger partial charge < -0.3 is 20.3 Å². The monoisotopic (exact) mass is 1180 g/mol. The molecule has 0 saturated heterocycles. The number of nitrogens with one attached hydrogen (secondary N) is 1. The predicted octanol–water partition coefficient (Wildman–Crippen LogP) is 25.0. The van der Waals surface area contributed by atoms with Crippen LogP contribution in [0.3, 0.4) is 0 Å². The molecule has 2 atom stereocenters. The van der Waals surface area contributed by atoms with E-state index in [4.69, 9.17) is 4.74 Å². The normalized spacial score (nSPS) is 12.7. The van der Waals surface area contributed by atoms with Crippen LogP contribution < -0.4 is 5.32 Å². The number of carbonyl (C=O) groups is 2. The summed E-state index contributed by atoms with van der Waals surface area (Å²) >= 11 is 0. The molecule has 1 amide bonds. The molecule has 0 bridgehead atoms. The van der Waals surface area contributed by atoms with Gasteiger partial charge in [0, 0.05) is 12.8 Å². The molecule has 0 heterocycles. The minimum atomic E-state index is -0.665. The maximum atomic E-state index is 12.6. The van der Waals surface area contributed by atoms with Crippen LogP contribution in [0.5, 0.6) is 0 Å². The third kappa shape index (κ3) is 69.2. The summed E-state index contributed by atoms with van der Waals surface area (Å²) in [6.07, 6.45) is 95.0. The second-order valence-electron chi connectivity index (χ2n) is 26.3. The van der Waals surface area contributed by atoms with Crippen molar-refractivity contribution in [3.63, 3.8) is 0 Å².